The molecule has 0 saturated carbocycles. The largest absolute Gasteiger partial charge is 0.298 e. The summed E-state index contributed by atoms with van der Waals surface area (Å²) in [6, 6.07) is 1.78. The number of carbonyl (C=O) groups excluding carboxylic acids is 1. The molecule has 0 aliphatic heterocycles. The van der Waals surface area contributed by atoms with Gasteiger partial charge >= 0.3 is 0 Å². The zero-order valence-electron chi connectivity index (χ0n) is 11.3. The Labute approximate surface area is 119 Å². The van der Waals surface area contributed by atoms with Gasteiger partial charge in [0.05, 0.1) is 16.6 Å². The molecule has 0 aromatic carbocycles. The number of hydrogen-bond donors (Lipinski definition) is 1. The van der Waals surface area contributed by atoms with E-state index in [-0.39, 0.29) is 5.91 Å². The highest BCUT2D eigenvalue weighted by Gasteiger charge is 2.18. The molecule has 7 heteroatoms. The summed E-state index contributed by atoms with van der Waals surface area (Å²) < 4.78 is 1.69. The molecule has 0 fully saturated rings. The number of rotatable bonds is 2. The number of fused-ring (bicyclic) bond motifs is 1. The first-order valence-electron chi connectivity index (χ1n) is 6.08. The van der Waals surface area contributed by atoms with E-state index < -0.39 is 0 Å². The summed E-state index contributed by atoms with van der Waals surface area (Å²) in [6.07, 6.45) is 1.66. The summed E-state index contributed by atoms with van der Waals surface area (Å²) in [5.74, 6) is -0.188. The zero-order valence-corrected chi connectivity index (χ0v) is 12.2. The molecule has 0 aliphatic rings. The van der Waals surface area contributed by atoms with Crippen molar-refractivity contribution < 1.29 is 4.79 Å². The van der Waals surface area contributed by atoms with E-state index in [2.05, 4.69) is 20.4 Å². The third-order valence-corrected chi connectivity index (χ3v) is 3.68. The van der Waals surface area contributed by atoms with Gasteiger partial charge in [-0.2, -0.15) is 5.10 Å². The summed E-state index contributed by atoms with van der Waals surface area (Å²) >= 11 is 1.39. The lowest BCUT2D eigenvalue weighted by Crippen LogP contribution is -2.13. The molecule has 3 heterocycles. The van der Waals surface area contributed by atoms with E-state index in [9.17, 15) is 4.79 Å². The minimum absolute atomic E-state index is 0.188. The number of anilines is 1. The van der Waals surface area contributed by atoms with E-state index in [0.29, 0.717) is 16.3 Å². The van der Waals surface area contributed by atoms with Crippen molar-refractivity contribution in [3.63, 3.8) is 0 Å². The maximum Gasteiger partial charge on any atom is 0.258 e. The van der Waals surface area contributed by atoms with Crippen molar-refractivity contribution in [1.29, 1.82) is 0 Å². The van der Waals surface area contributed by atoms with Crippen LogP contribution in [0.4, 0.5) is 5.13 Å². The van der Waals surface area contributed by atoms with Crippen LogP contribution in [-0.4, -0.2) is 25.7 Å². The predicted octanol–water partition coefficient (Wildman–Crippen LogP) is 2.29. The molecule has 0 aliphatic carbocycles. The molecule has 20 heavy (non-hydrogen) atoms. The number of nitrogens with zero attached hydrogens (tertiary/aromatic N) is 4. The number of amides is 1. The van der Waals surface area contributed by atoms with Crippen LogP contribution in [0.15, 0.2) is 17.6 Å². The fourth-order valence-electron chi connectivity index (χ4n) is 2.20. The van der Waals surface area contributed by atoms with Crippen LogP contribution in [0.3, 0.4) is 0 Å². The molecule has 1 amide bonds. The second-order valence-electron chi connectivity index (χ2n) is 4.51. The molecule has 102 valence electrons. The van der Waals surface area contributed by atoms with E-state index in [4.69, 9.17) is 0 Å². The standard InChI is InChI=1S/C13H13N5OS/c1-7-6-9(12(19)16-13-14-4-5-20-13)10-8(2)17-18(3)11(10)15-7/h4-6H,1-3H3,(H,14,16,19). The highest BCUT2D eigenvalue weighted by atomic mass is 32.1. The number of carbonyl (C=O) groups is 1. The average molecular weight is 287 g/mol. The molecule has 3 aromatic rings. The van der Waals surface area contributed by atoms with Gasteiger partial charge in [-0.1, -0.05) is 0 Å². The topological polar surface area (TPSA) is 72.7 Å². The van der Waals surface area contributed by atoms with Crippen LogP contribution in [0.2, 0.25) is 0 Å². The fraction of sp³-hybridized carbons (Fsp3) is 0.231. The molecular formula is C13H13N5OS. The van der Waals surface area contributed by atoms with Crippen molar-refractivity contribution in [1.82, 2.24) is 19.7 Å². The van der Waals surface area contributed by atoms with Crippen molar-refractivity contribution >= 4 is 33.4 Å². The lowest BCUT2D eigenvalue weighted by molar-refractivity contribution is 0.102. The molecule has 0 radical (unpaired) electrons. The minimum atomic E-state index is -0.188. The van der Waals surface area contributed by atoms with E-state index in [0.717, 1.165) is 16.8 Å². The summed E-state index contributed by atoms with van der Waals surface area (Å²) in [6.45, 7) is 3.74. The maximum absolute atomic E-state index is 12.4. The Morgan fingerprint density at radius 3 is 2.90 bits per heavy atom. The molecule has 0 saturated heterocycles. The third kappa shape index (κ3) is 2.05. The van der Waals surface area contributed by atoms with Crippen LogP contribution in [0.5, 0.6) is 0 Å². The SMILES string of the molecule is Cc1cc(C(=O)Nc2nccs2)c2c(C)nn(C)c2n1. The van der Waals surface area contributed by atoms with Crippen LogP contribution in [0.1, 0.15) is 21.7 Å². The normalized spacial score (nSPS) is 10.9. The van der Waals surface area contributed by atoms with Gasteiger partial charge in [-0.25, -0.2) is 9.97 Å². The van der Waals surface area contributed by atoms with E-state index in [1.54, 1.807) is 16.9 Å². The third-order valence-electron chi connectivity index (χ3n) is 2.99. The van der Waals surface area contributed by atoms with Gasteiger partial charge in [0.25, 0.3) is 5.91 Å². The summed E-state index contributed by atoms with van der Waals surface area (Å²) in [7, 11) is 1.82. The number of hydrogen-bond acceptors (Lipinski definition) is 5. The van der Waals surface area contributed by atoms with Crippen molar-refractivity contribution in [2.75, 3.05) is 5.32 Å². The Morgan fingerprint density at radius 2 is 2.20 bits per heavy atom. The smallest absolute Gasteiger partial charge is 0.258 e. The van der Waals surface area contributed by atoms with Gasteiger partial charge in [0, 0.05) is 24.3 Å². The second kappa shape index (κ2) is 4.68. The monoisotopic (exact) mass is 287 g/mol. The first-order chi connectivity index (χ1) is 9.56. The quantitative estimate of drug-likeness (QED) is 0.785. The number of thiazole rings is 1. The number of nitrogens with one attached hydrogen (secondary N) is 1. The number of pyridine rings is 1. The predicted molar refractivity (Wildman–Crippen MR) is 78.1 cm³/mol. The Hall–Kier alpha value is -2.28. The van der Waals surface area contributed by atoms with Gasteiger partial charge in [0.1, 0.15) is 0 Å². The van der Waals surface area contributed by atoms with Gasteiger partial charge in [-0.3, -0.25) is 14.8 Å². The van der Waals surface area contributed by atoms with Gasteiger partial charge in [0.2, 0.25) is 0 Å². The molecule has 0 bridgehead atoms. The maximum atomic E-state index is 12.4. The van der Waals surface area contributed by atoms with Crippen LogP contribution in [0.25, 0.3) is 11.0 Å². The van der Waals surface area contributed by atoms with Crippen LogP contribution in [0, 0.1) is 13.8 Å². The van der Waals surface area contributed by atoms with Gasteiger partial charge < -0.3 is 0 Å². The molecule has 6 nitrogen and oxygen atoms in total. The average Bonchev–Trinajstić information content (AvgIpc) is 2.98. The van der Waals surface area contributed by atoms with Crippen LogP contribution < -0.4 is 5.32 Å². The summed E-state index contributed by atoms with van der Waals surface area (Å²) in [4.78, 5) is 20.9. The Morgan fingerprint density at radius 1 is 1.40 bits per heavy atom. The molecule has 1 N–H and O–H groups in total. The molecule has 0 atom stereocenters. The Kier molecular flexibility index (Phi) is 2.98. The van der Waals surface area contributed by atoms with Gasteiger partial charge in [0.15, 0.2) is 10.8 Å². The van der Waals surface area contributed by atoms with Crippen molar-refractivity contribution in [3.05, 3.63) is 34.6 Å². The Bertz CT molecular complexity index is 791. The van der Waals surface area contributed by atoms with Crippen molar-refractivity contribution in [3.8, 4) is 0 Å². The molecule has 3 aromatic heterocycles. The van der Waals surface area contributed by atoms with E-state index >= 15 is 0 Å². The van der Waals surface area contributed by atoms with E-state index in [1.165, 1.54) is 11.3 Å². The first kappa shape index (κ1) is 12.7. The van der Waals surface area contributed by atoms with Crippen LogP contribution >= 0.6 is 11.3 Å². The molecular weight excluding hydrogens is 274 g/mol. The first-order valence-corrected chi connectivity index (χ1v) is 6.96. The minimum Gasteiger partial charge on any atom is -0.298 e. The van der Waals surface area contributed by atoms with Gasteiger partial charge in [-0.05, 0) is 19.9 Å². The molecule has 0 spiro atoms. The van der Waals surface area contributed by atoms with Crippen molar-refractivity contribution in [2.45, 2.75) is 13.8 Å². The highest BCUT2D eigenvalue weighted by Crippen LogP contribution is 2.23. The van der Waals surface area contributed by atoms with Crippen molar-refractivity contribution in [2.24, 2.45) is 7.05 Å². The zero-order chi connectivity index (χ0) is 14.3. The Balaban J connectivity index is 2.13. The van der Waals surface area contributed by atoms with E-state index in [1.807, 2.05) is 26.3 Å². The lowest BCUT2D eigenvalue weighted by Gasteiger charge is -2.05. The lowest BCUT2D eigenvalue weighted by atomic mass is 10.1. The summed E-state index contributed by atoms with van der Waals surface area (Å²) in [5, 5.41) is 10.3. The molecule has 3 rings (SSSR count). The number of aromatic nitrogens is 4. The number of aryl methyl sites for hydroxylation is 3. The second-order valence-corrected chi connectivity index (χ2v) is 5.40. The highest BCUT2D eigenvalue weighted by molar-refractivity contribution is 7.13. The van der Waals surface area contributed by atoms with Crippen LogP contribution in [-0.2, 0) is 7.05 Å². The fourth-order valence-corrected chi connectivity index (χ4v) is 2.72. The van der Waals surface area contributed by atoms with Gasteiger partial charge in [-0.15, -0.1) is 11.3 Å². The molecule has 0 unspecified atom stereocenters. The summed E-state index contributed by atoms with van der Waals surface area (Å²) in [5.41, 5.74) is 2.86.